The van der Waals surface area contributed by atoms with Crippen LogP contribution < -0.4 is 9.54 Å². The lowest BCUT2D eigenvalue weighted by Crippen LogP contribution is -2.23. The van der Waals surface area contributed by atoms with E-state index in [1.165, 1.54) is 18.4 Å². The summed E-state index contributed by atoms with van der Waals surface area (Å²) >= 11 is 7.56. The molecule has 0 N–H and O–H groups in total. The number of esters is 1. The number of ether oxygens (including phenoxy) is 2. The second kappa shape index (κ2) is 9.03. The minimum atomic E-state index is -0.430. The van der Waals surface area contributed by atoms with E-state index in [4.69, 9.17) is 21.1 Å². The molecule has 0 spiro atoms. The molecule has 0 unspecified atom stereocenters. The monoisotopic (exact) mass is 418 g/mol. The minimum absolute atomic E-state index is 0.0513. The number of nitrogens with zero attached hydrogens (tertiary/aromatic N) is 2. The van der Waals surface area contributed by atoms with Crippen molar-refractivity contribution < 1.29 is 19.1 Å². The van der Waals surface area contributed by atoms with Crippen molar-refractivity contribution in [3.63, 3.8) is 0 Å². The zero-order chi connectivity index (χ0) is 20.1. The first-order valence-electron chi connectivity index (χ1n) is 8.60. The summed E-state index contributed by atoms with van der Waals surface area (Å²) in [5, 5.41) is 0.582. The molecule has 0 fully saturated rings. The van der Waals surface area contributed by atoms with Gasteiger partial charge in [-0.1, -0.05) is 41.1 Å². The van der Waals surface area contributed by atoms with Crippen molar-refractivity contribution in [3.8, 4) is 5.75 Å². The molecule has 6 nitrogen and oxygen atoms in total. The number of methoxy groups -OCH3 is 1. The van der Waals surface area contributed by atoms with E-state index < -0.39 is 5.97 Å². The molecule has 0 saturated carbocycles. The Balaban J connectivity index is 1.87. The Labute approximate surface area is 171 Å². The summed E-state index contributed by atoms with van der Waals surface area (Å²) in [7, 11) is 1.32. The van der Waals surface area contributed by atoms with Gasteiger partial charge in [-0.15, -0.1) is 0 Å². The number of carbonyl (C=O) groups is 2. The smallest absolute Gasteiger partial charge is 0.325 e. The van der Waals surface area contributed by atoms with Gasteiger partial charge in [-0.3, -0.25) is 9.59 Å². The van der Waals surface area contributed by atoms with Crippen LogP contribution in [0.1, 0.15) is 12.0 Å². The van der Waals surface area contributed by atoms with E-state index in [9.17, 15) is 9.59 Å². The van der Waals surface area contributed by atoms with E-state index >= 15 is 0 Å². The lowest BCUT2D eigenvalue weighted by molar-refractivity contribution is -0.141. The molecule has 1 aromatic heterocycles. The molecule has 0 aliphatic rings. The molecule has 0 saturated heterocycles. The average Bonchev–Trinajstić information content (AvgIpc) is 3.03. The van der Waals surface area contributed by atoms with E-state index in [0.29, 0.717) is 15.6 Å². The molecule has 2 aromatic carbocycles. The fraction of sp³-hybridized carbons (Fsp3) is 0.250. The van der Waals surface area contributed by atoms with Crippen LogP contribution in [-0.2, 0) is 20.9 Å². The molecule has 1 heterocycles. The zero-order valence-corrected chi connectivity index (χ0v) is 17.0. The Kier molecular flexibility index (Phi) is 6.49. The number of para-hydroxylation sites is 1. The van der Waals surface area contributed by atoms with E-state index in [1.807, 2.05) is 43.3 Å². The molecular formula is C20H19ClN2O4S. The lowest BCUT2D eigenvalue weighted by Gasteiger charge is -2.07. The summed E-state index contributed by atoms with van der Waals surface area (Å²) in [6, 6.07) is 12.9. The van der Waals surface area contributed by atoms with Gasteiger partial charge < -0.3 is 14.0 Å². The van der Waals surface area contributed by atoms with Crippen LogP contribution in [-0.4, -0.2) is 30.2 Å². The third-order valence-electron chi connectivity index (χ3n) is 4.09. The van der Waals surface area contributed by atoms with Crippen LogP contribution in [0, 0.1) is 6.92 Å². The maximum absolute atomic E-state index is 12.3. The molecule has 146 valence electrons. The first kappa shape index (κ1) is 20.1. The molecule has 28 heavy (non-hydrogen) atoms. The maximum atomic E-state index is 12.3. The highest BCUT2D eigenvalue weighted by atomic mass is 35.5. The number of rotatable bonds is 6. The van der Waals surface area contributed by atoms with Crippen LogP contribution in [0.5, 0.6) is 5.75 Å². The molecule has 0 atom stereocenters. The van der Waals surface area contributed by atoms with Crippen molar-refractivity contribution in [3.05, 3.63) is 57.9 Å². The van der Waals surface area contributed by atoms with Crippen LogP contribution in [0.3, 0.4) is 0 Å². The van der Waals surface area contributed by atoms with Gasteiger partial charge in [-0.05, 0) is 36.8 Å². The molecule has 0 aliphatic carbocycles. The van der Waals surface area contributed by atoms with Crippen LogP contribution in [0.25, 0.3) is 10.2 Å². The number of benzene rings is 2. The van der Waals surface area contributed by atoms with Gasteiger partial charge in [0, 0.05) is 5.02 Å². The summed E-state index contributed by atoms with van der Waals surface area (Å²) in [4.78, 5) is 28.8. The number of halogens is 1. The van der Waals surface area contributed by atoms with Crippen LogP contribution in [0.15, 0.2) is 47.5 Å². The fourth-order valence-electron chi connectivity index (χ4n) is 2.68. The number of aryl methyl sites for hydroxylation is 1. The van der Waals surface area contributed by atoms with Crippen molar-refractivity contribution in [1.29, 1.82) is 0 Å². The van der Waals surface area contributed by atoms with Crippen LogP contribution in [0.4, 0.5) is 0 Å². The Bertz CT molecular complexity index is 1070. The Hall–Kier alpha value is -2.64. The van der Waals surface area contributed by atoms with E-state index in [0.717, 1.165) is 15.8 Å². The third kappa shape index (κ3) is 4.61. The van der Waals surface area contributed by atoms with Gasteiger partial charge >= 0.3 is 5.97 Å². The summed E-state index contributed by atoms with van der Waals surface area (Å²) in [5.74, 6) is -0.0616. The van der Waals surface area contributed by atoms with Crippen molar-refractivity contribution in [2.75, 3.05) is 13.7 Å². The fourth-order valence-corrected chi connectivity index (χ4v) is 3.94. The van der Waals surface area contributed by atoms with E-state index in [-0.39, 0.29) is 25.5 Å². The Morgan fingerprint density at radius 2 is 1.93 bits per heavy atom. The van der Waals surface area contributed by atoms with Gasteiger partial charge in [0.2, 0.25) is 0 Å². The van der Waals surface area contributed by atoms with Gasteiger partial charge in [0.25, 0.3) is 5.91 Å². The molecule has 0 bridgehead atoms. The number of hydrogen-bond donors (Lipinski definition) is 0. The first-order valence-corrected chi connectivity index (χ1v) is 9.79. The zero-order valence-electron chi connectivity index (χ0n) is 15.5. The van der Waals surface area contributed by atoms with E-state index in [2.05, 4.69) is 4.99 Å². The summed E-state index contributed by atoms with van der Waals surface area (Å²) in [6.07, 6.45) is 0.126. The van der Waals surface area contributed by atoms with Crippen LogP contribution in [0.2, 0.25) is 5.02 Å². The second-order valence-electron chi connectivity index (χ2n) is 5.98. The molecule has 8 heteroatoms. The normalized spacial score (nSPS) is 11.6. The van der Waals surface area contributed by atoms with Gasteiger partial charge in [0.1, 0.15) is 12.3 Å². The van der Waals surface area contributed by atoms with Crippen molar-refractivity contribution >= 4 is 45.0 Å². The quantitative estimate of drug-likeness (QED) is 0.572. The number of thiazole rings is 1. The van der Waals surface area contributed by atoms with Crippen molar-refractivity contribution in [2.45, 2.75) is 19.9 Å². The van der Waals surface area contributed by atoms with Gasteiger partial charge in [0.15, 0.2) is 4.80 Å². The van der Waals surface area contributed by atoms with Crippen LogP contribution >= 0.6 is 22.9 Å². The highest BCUT2D eigenvalue weighted by Gasteiger charge is 2.15. The summed E-state index contributed by atoms with van der Waals surface area (Å²) in [6.45, 7) is 2.04. The highest BCUT2D eigenvalue weighted by Crippen LogP contribution is 2.27. The second-order valence-corrected chi connectivity index (χ2v) is 7.40. The molecule has 3 aromatic rings. The summed E-state index contributed by atoms with van der Waals surface area (Å²) in [5.41, 5.74) is 1.59. The number of aromatic nitrogens is 1. The lowest BCUT2D eigenvalue weighted by atomic mass is 10.2. The first-order chi connectivity index (χ1) is 13.5. The number of fused-ring (bicyclic) bond motifs is 1. The standard InChI is InChI=1S/C20H19ClN2O4S/c1-13-15(21)8-9-16-19(13)23(12-18(25)26-2)20(28-16)22-17(24)10-11-27-14-6-4-3-5-7-14/h3-9H,10-12H2,1-2H3. The third-order valence-corrected chi connectivity index (χ3v) is 5.55. The predicted octanol–water partition coefficient (Wildman–Crippen LogP) is 3.73. The number of carbonyl (C=O) groups excluding carboxylic acids is 2. The SMILES string of the molecule is COC(=O)Cn1c(=NC(=O)CCOc2ccccc2)sc2ccc(Cl)c(C)c21. The maximum Gasteiger partial charge on any atom is 0.325 e. The largest absolute Gasteiger partial charge is 0.493 e. The predicted molar refractivity (Wildman–Crippen MR) is 109 cm³/mol. The summed E-state index contributed by atoms with van der Waals surface area (Å²) < 4.78 is 12.9. The van der Waals surface area contributed by atoms with Gasteiger partial charge in [-0.25, -0.2) is 0 Å². The van der Waals surface area contributed by atoms with Crippen molar-refractivity contribution in [2.24, 2.45) is 4.99 Å². The van der Waals surface area contributed by atoms with Crippen molar-refractivity contribution in [1.82, 2.24) is 4.57 Å². The molecule has 1 amide bonds. The molecule has 0 aliphatic heterocycles. The topological polar surface area (TPSA) is 69.9 Å². The Morgan fingerprint density at radius 1 is 1.18 bits per heavy atom. The van der Waals surface area contributed by atoms with Gasteiger partial charge in [-0.2, -0.15) is 4.99 Å². The minimum Gasteiger partial charge on any atom is -0.493 e. The number of amides is 1. The highest BCUT2D eigenvalue weighted by molar-refractivity contribution is 7.16. The molecule has 3 rings (SSSR count). The average molecular weight is 419 g/mol. The Morgan fingerprint density at radius 3 is 2.64 bits per heavy atom. The van der Waals surface area contributed by atoms with Gasteiger partial charge in [0.05, 0.1) is 30.4 Å². The number of hydrogen-bond acceptors (Lipinski definition) is 5. The molecular weight excluding hydrogens is 400 g/mol. The van der Waals surface area contributed by atoms with E-state index in [1.54, 1.807) is 10.6 Å². The molecule has 0 radical (unpaired) electrons.